The summed E-state index contributed by atoms with van der Waals surface area (Å²) in [5.74, 6) is -0.00482. The minimum absolute atomic E-state index is 0.00482. The number of carbonyl (C=O) groups excluding carboxylic acids is 1. The highest BCUT2D eigenvalue weighted by Crippen LogP contribution is 1.80. The zero-order chi connectivity index (χ0) is 10.6. The standard InChI is InChI=1S/C9H19FN2O2/c1-14-8-7-12-9(13)3-6-11-5-2-4-10/h11H,2-8H2,1H3,(H,12,13). The third-order valence-electron chi connectivity index (χ3n) is 1.64. The van der Waals surface area contributed by atoms with Crippen LogP contribution >= 0.6 is 0 Å². The van der Waals surface area contributed by atoms with Gasteiger partial charge in [0.1, 0.15) is 0 Å². The van der Waals surface area contributed by atoms with Crippen LogP contribution in [-0.2, 0) is 9.53 Å². The second kappa shape index (κ2) is 10.4. The van der Waals surface area contributed by atoms with Crippen LogP contribution in [-0.4, -0.2) is 45.9 Å². The summed E-state index contributed by atoms with van der Waals surface area (Å²) in [4.78, 5) is 11.1. The summed E-state index contributed by atoms with van der Waals surface area (Å²) in [6.45, 7) is 1.98. The highest BCUT2D eigenvalue weighted by molar-refractivity contribution is 5.75. The van der Waals surface area contributed by atoms with E-state index in [1.165, 1.54) is 0 Å². The molecule has 14 heavy (non-hydrogen) atoms. The second-order valence-electron chi connectivity index (χ2n) is 2.89. The smallest absolute Gasteiger partial charge is 0.221 e. The Morgan fingerprint density at radius 3 is 2.79 bits per heavy atom. The Balaban J connectivity index is 3.10. The van der Waals surface area contributed by atoms with Crippen LogP contribution in [0.4, 0.5) is 4.39 Å². The van der Waals surface area contributed by atoms with E-state index in [1.54, 1.807) is 7.11 Å². The molecule has 0 heterocycles. The number of ether oxygens (including phenoxy) is 1. The van der Waals surface area contributed by atoms with Crippen molar-refractivity contribution >= 4 is 5.91 Å². The van der Waals surface area contributed by atoms with Crippen molar-refractivity contribution < 1.29 is 13.9 Å². The molecule has 0 bridgehead atoms. The van der Waals surface area contributed by atoms with Crippen LogP contribution in [0.15, 0.2) is 0 Å². The molecule has 1 amide bonds. The molecule has 0 spiro atoms. The number of alkyl halides is 1. The van der Waals surface area contributed by atoms with Crippen LogP contribution < -0.4 is 10.6 Å². The van der Waals surface area contributed by atoms with Crippen molar-refractivity contribution in [2.75, 3.05) is 40.0 Å². The normalized spacial score (nSPS) is 10.1. The van der Waals surface area contributed by atoms with Gasteiger partial charge in [-0.15, -0.1) is 0 Å². The number of halogens is 1. The van der Waals surface area contributed by atoms with E-state index in [0.29, 0.717) is 39.1 Å². The molecule has 0 aliphatic heterocycles. The van der Waals surface area contributed by atoms with Gasteiger partial charge in [0.2, 0.25) is 5.91 Å². The van der Waals surface area contributed by atoms with Crippen LogP contribution in [0.3, 0.4) is 0 Å². The molecule has 0 aromatic heterocycles. The minimum atomic E-state index is -0.312. The molecule has 2 N–H and O–H groups in total. The molecule has 4 nitrogen and oxygen atoms in total. The first-order valence-corrected chi connectivity index (χ1v) is 4.83. The van der Waals surface area contributed by atoms with E-state index < -0.39 is 0 Å². The Morgan fingerprint density at radius 2 is 2.14 bits per heavy atom. The van der Waals surface area contributed by atoms with Gasteiger partial charge < -0.3 is 15.4 Å². The van der Waals surface area contributed by atoms with Crippen LogP contribution in [0, 0.1) is 0 Å². The van der Waals surface area contributed by atoms with Crippen molar-refractivity contribution in [2.45, 2.75) is 12.8 Å². The second-order valence-corrected chi connectivity index (χ2v) is 2.89. The fourth-order valence-electron chi connectivity index (χ4n) is 0.900. The summed E-state index contributed by atoms with van der Waals surface area (Å²) < 4.78 is 16.4. The Labute approximate surface area is 84.2 Å². The molecule has 0 atom stereocenters. The minimum Gasteiger partial charge on any atom is -0.383 e. The molecular weight excluding hydrogens is 187 g/mol. The highest BCUT2D eigenvalue weighted by atomic mass is 19.1. The van der Waals surface area contributed by atoms with Gasteiger partial charge in [0, 0.05) is 26.6 Å². The molecule has 0 radical (unpaired) electrons. The molecule has 0 fully saturated rings. The fraction of sp³-hybridized carbons (Fsp3) is 0.889. The average molecular weight is 206 g/mol. The summed E-state index contributed by atoms with van der Waals surface area (Å²) in [6.07, 6.45) is 0.932. The Bertz CT molecular complexity index is 145. The lowest BCUT2D eigenvalue weighted by molar-refractivity contribution is -0.121. The maximum Gasteiger partial charge on any atom is 0.221 e. The molecule has 0 saturated heterocycles. The zero-order valence-corrected chi connectivity index (χ0v) is 8.64. The molecule has 0 rings (SSSR count). The molecule has 5 heteroatoms. The predicted molar refractivity (Wildman–Crippen MR) is 53.0 cm³/mol. The highest BCUT2D eigenvalue weighted by Gasteiger charge is 1.98. The predicted octanol–water partition coefficient (Wildman–Crippen LogP) is 0.0883. The molecule has 0 aliphatic rings. The number of methoxy groups -OCH3 is 1. The summed E-state index contributed by atoms with van der Waals surface area (Å²) in [7, 11) is 1.59. The van der Waals surface area contributed by atoms with Crippen LogP contribution in [0.5, 0.6) is 0 Å². The van der Waals surface area contributed by atoms with E-state index in [9.17, 15) is 9.18 Å². The lowest BCUT2D eigenvalue weighted by Crippen LogP contribution is -2.30. The quantitative estimate of drug-likeness (QED) is 0.526. The number of rotatable bonds is 9. The number of hydrogen-bond donors (Lipinski definition) is 2. The maximum absolute atomic E-state index is 11.7. The lowest BCUT2D eigenvalue weighted by atomic mass is 10.3. The van der Waals surface area contributed by atoms with Gasteiger partial charge >= 0.3 is 0 Å². The molecule has 0 saturated carbocycles. The average Bonchev–Trinajstić information content (AvgIpc) is 2.18. The van der Waals surface area contributed by atoms with Gasteiger partial charge in [-0.3, -0.25) is 9.18 Å². The van der Waals surface area contributed by atoms with E-state index in [0.717, 1.165) is 0 Å². The van der Waals surface area contributed by atoms with Gasteiger partial charge in [0.25, 0.3) is 0 Å². The Kier molecular flexibility index (Phi) is 9.90. The van der Waals surface area contributed by atoms with Gasteiger partial charge in [0.05, 0.1) is 13.3 Å². The SMILES string of the molecule is COCCNC(=O)CCNCCCF. The van der Waals surface area contributed by atoms with Crippen molar-refractivity contribution in [2.24, 2.45) is 0 Å². The molecular formula is C9H19FN2O2. The third kappa shape index (κ3) is 9.41. The van der Waals surface area contributed by atoms with Gasteiger partial charge in [-0.2, -0.15) is 0 Å². The van der Waals surface area contributed by atoms with E-state index in [4.69, 9.17) is 4.74 Å². The van der Waals surface area contributed by atoms with Crippen molar-refractivity contribution in [3.8, 4) is 0 Å². The summed E-state index contributed by atoms with van der Waals surface area (Å²) in [5, 5.41) is 5.67. The lowest BCUT2D eigenvalue weighted by Gasteiger charge is -2.05. The first-order valence-electron chi connectivity index (χ1n) is 4.83. The molecule has 84 valence electrons. The Morgan fingerprint density at radius 1 is 1.36 bits per heavy atom. The first-order chi connectivity index (χ1) is 6.81. The van der Waals surface area contributed by atoms with Crippen molar-refractivity contribution in [1.82, 2.24) is 10.6 Å². The van der Waals surface area contributed by atoms with Crippen LogP contribution in [0.1, 0.15) is 12.8 Å². The van der Waals surface area contributed by atoms with Gasteiger partial charge in [-0.05, 0) is 13.0 Å². The third-order valence-corrected chi connectivity index (χ3v) is 1.64. The summed E-state index contributed by atoms with van der Waals surface area (Å²) in [5.41, 5.74) is 0. The number of nitrogens with one attached hydrogen (secondary N) is 2. The van der Waals surface area contributed by atoms with Crippen molar-refractivity contribution in [3.05, 3.63) is 0 Å². The maximum atomic E-state index is 11.7. The molecule has 0 aliphatic carbocycles. The molecule has 0 aromatic carbocycles. The first kappa shape index (κ1) is 13.3. The van der Waals surface area contributed by atoms with Crippen LogP contribution in [0.25, 0.3) is 0 Å². The Hall–Kier alpha value is -0.680. The zero-order valence-electron chi connectivity index (χ0n) is 8.64. The summed E-state index contributed by atoms with van der Waals surface area (Å²) in [6, 6.07) is 0. The van der Waals surface area contributed by atoms with Crippen molar-refractivity contribution in [1.29, 1.82) is 0 Å². The molecule has 0 unspecified atom stereocenters. The number of hydrogen-bond acceptors (Lipinski definition) is 3. The van der Waals surface area contributed by atoms with Crippen LogP contribution in [0.2, 0.25) is 0 Å². The monoisotopic (exact) mass is 206 g/mol. The van der Waals surface area contributed by atoms with E-state index in [1.807, 2.05) is 0 Å². The molecule has 0 aromatic rings. The van der Waals surface area contributed by atoms with Gasteiger partial charge in [-0.25, -0.2) is 0 Å². The van der Waals surface area contributed by atoms with Gasteiger partial charge in [0.15, 0.2) is 0 Å². The van der Waals surface area contributed by atoms with Gasteiger partial charge in [-0.1, -0.05) is 0 Å². The fourth-order valence-corrected chi connectivity index (χ4v) is 0.900. The largest absolute Gasteiger partial charge is 0.383 e. The van der Waals surface area contributed by atoms with Crippen molar-refractivity contribution in [3.63, 3.8) is 0 Å². The van der Waals surface area contributed by atoms with E-state index in [-0.39, 0.29) is 12.6 Å². The number of amides is 1. The summed E-state index contributed by atoms with van der Waals surface area (Å²) >= 11 is 0. The van der Waals surface area contributed by atoms with E-state index >= 15 is 0 Å². The van der Waals surface area contributed by atoms with E-state index in [2.05, 4.69) is 10.6 Å². The number of carbonyl (C=O) groups is 1. The topological polar surface area (TPSA) is 50.4 Å².